The van der Waals surface area contributed by atoms with Gasteiger partial charge in [-0.05, 0) is 46.8 Å². The van der Waals surface area contributed by atoms with E-state index < -0.39 is 0 Å². The van der Waals surface area contributed by atoms with E-state index in [2.05, 4.69) is 36.9 Å². The van der Waals surface area contributed by atoms with Crippen molar-refractivity contribution in [2.45, 2.75) is 6.42 Å². The third kappa shape index (κ3) is 4.19. The number of imidazole rings is 1. The zero-order chi connectivity index (χ0) is 20.9. The van der Waals surface area contributed by atoms with E-state index in [0.717, 1.165) is 5.52 Å². The maximum absolute atomic E-state index is 12.2. The molecule has 10 heteroatoms. The number of H-pyrrole nitrogens is 1. The van der Waals surface area contributed by atoms with Gasteiger partial charge in [-0.15, -0.1) is 5.10 Å². The molecule has 0 bridgehead atoms. The SMILES string of the molecule is N#Cc1cccc2[nH]c(CCNC(=O)/C=C/c3cc(Cl)ccc3-n3cnnn3)nc12. The zero-order valence-corrected chi connectivity index (χ0v) is 16.3. The van der Waals surface area contributed by atoms with E-state index in [1.807, 2.05) is 6.07 Å². The van der Waals surface area contributed by atoms with Crippen LogP contribution in [0.3, 0.4) is 0 Å². The maximum atomic E-state index is 12.2. The highest BCUT2D eigenvalue weighted by Gasteiger charge is 2.08. The van der Waals surface area contributed by atoms with Gasteiger partial charge in [-0.3, -0.25) is 4.79 Å². The van der Waals surface area contributed by atoms with Gasteiger partial charge in [0, 0.05) is 29.6 Å². The molecule has 0 spiro atoms. The molecule has 0 aliphatic heterocycles. The summed E-state index contributed by atoms with van der Waals surface area (Å²) in [7, 11) is 0. The fraction of sp³-hybridized carbons (Fsp3) is 0.100. The van der Waals surface area contributed by atoms with Crippen molar-refractivity contribution in [1.82, 2.24) is 35.5 Å². The molecule has 2 N–H and O–H groups in total. The van der Waals surface area contributed by atoms with Gasteiger partial charge in [-0.1, -0.05) is 17.7 Å². The highest BCUT2D eigenvalue weighted by Crippen LogP contribution is 2.20. The quantitative estimate of drug-likeness (QED) is 0.463. The van der Waals surface area contributed by atoms with Gasteiger partial charge >= 0.3 is 0 Å². The smallest absolute Gasteiger partial charge is 0.244 e. The minimum atomic E-state index is -0.258. The van der Waals surface area contributed by atoms with Crippen LogP contribution in [0.2, 0.25) is 5.02 Å². The van der Waals surface area contributed by atoms with Crippen molar-refractivity contribution in [3.63, 3.8) is 0 Å². The Bertz CT molecular complexity index is 1270. The van der Waals surface area contributed by atoms with Crippen LogP contribution in [0.25, 0.3) is 22.8 Å². The molecular formula is C20H15ClN8O. The van der Waals surface area contributed by atoms with Gasteiger partial charge in [0.15, 0.2) is 0 Å². The van der Waals surface area contributed by atoms with Gasteiger partial charge in [-0.25, -0.2) is 4.98 Å². The van der Waals surface area contributed by atoms with Crippen molar-refractivity contribution < 1.29 is 4.79 Å². The number of rotatable bonds is 6. The maximum Gasteiger partial charge on any atom is 0.244 e. The summed E-state index contributed by atoms with van der Waals surface area (Å²) in [6.45, 7) is 0.389. The van der Waals surface area contributed by atoms with E-state index >= 15 is 0 Å². The molecule has 0 saturated heterocycles. The molecule has 0 fully saturated rings. The number of nitriles is 1. The Morgan fingerprint density at radius 2 is 2.23 bits per heavy atom. The van der Waals surface area contributed by atoms with Gasteiger partial charge in [-0.2, -0.15) is 9.94 Å². The predicted molar refractivity (Wildman–Crippen MR) is 111 cm³/mol. The number of halogens is 1. The molecule has 0 atom stereocenters. The molecule has 148 valence electrons. The molecule has 2 aromatic carbocycles. The van der Waals surface area contributed by atoms with Crippen LogP contribution in [-0.4, -0.2) is 42.6 Å². The van der Waals surface area contributed by atoms with Crippen LogP contribution in [0.15, 0.2) is 48.8 Å². The van der Waals surface area contributed by atoms with Gasteiger partial charge in [0.1, 0.15) is 23.7 Å². The van der Waals surface area contributed by atoms with Crippen LogP contribution < -0.4 is 5.32 Å². The van der Waals surface area contributed by atoms with Crippen molar-refractivity contribution in [1.29, 1.82) is 5.26 Å². The predicted octanol–water partition coefficient (Wildman–Crippen LogP) is 2.44. The normalized spacial score (nSPS) is 11.1. The highest BCUT2D eigenvalue weighted by molar-refractivity contribution is 6.30. The second-order valence-electron chi connectivity index (χ2n) is 6.33. The third-order valence-electron chi connectivity index (χ3n) is 4.34. The Kier molecular flexibility index (Phi) is 5.50. The van der Waals surface area contributed by atoms with Crippen molar-refractivity contribution in [2.24, 2.45) is 0 Å². The molecule has 30 heavy (non-hydrogen) atoms. The van der Waals surface area contributed by atoms with E-state index in [0.29, 0.717) is 46.1 Å². The lowest BCUT2D eigenvalue weighted by atomic mass is 10.1. The lowest BCUT2D eigenvalue weighted by Crippen LogP contribution is -2.23. The first-order valence-corrected chi connectivity index (χ1v) is 9.38. The molecule has 2 heterocycles. The number of para-hydroxylation sites is 1. The minimum absolute atomic E-state index is 0.258. The summed E-state index contributed by atoms with van der Waals surface area (Å²) in [4.78, 5) is 19.8. The van der Waals surface area contributed by atoms with E-state index in [1.54, 1.807) is 36.4 Å². The highest BCUT2D eigenvalue weighted by atomic mass is 35.5. The van der Waals surface area contributed by atoms with Crippen LogP contribution >= 0.6 is 11.6 Å². The monoisotopic (exact) mass is 418 g/mol. The number of benzene rings is 2. The van der Waals surface area contributed by atoms with Crippen LogP contribution in [0.5, 0.6) is 0 Å². The number of carbonyl (C=O) groups is 1. The first-order chi connectivity index (χ1) is 14.6. The first kappa shape index (κ1) is 19.3. The second kappa shape index (κ2) is 8.55. The average Bonchev–Trinajstić information content (AvgIpc) is 3.41. The number of carbonyl (C=O) groups excluding carboxylic acids is 1. The number of aromatic nitrogens is 6. The third-order valence-corrected chi connectivity index (χ3v) is 4.58. The fourth-order valence-corrected chi connectivity index (χ4v) is 3.14. The van der Waals surface area contributed by atoms with Crippen molar-refractivity contribution >= 4 is 34.6 Å². The Morgan fingerprint density at radius 3 is 3.03 bits per heavy atom. The summed E-state index contributed by atoms with van der Waals surface area (Å²) in [5.41, 5.74) is 3.35. The van der Waals surface area contributed by atoms with Crippen LogP contribution in [0.1, 0.15) is 17.0 Å². The first-order valence-electron chi connectivity index (χ1n) is 9.00. The number of hydrogen-bond acceptors (Lipinski definition) is 6. The molecule has 0 aliphatic rings. The van der Waals surface area contributed by atoms with Crippen LogP contribution in [0.4, 0.5) is 0 Å². The Morgan fingerprint density at radius 1 is 1.33 bits per heavy atom. The topological polar surface area (TPSA) is 125 Å². The van der Waals surface area contributed by atoms with Crippen molar-refractivity contribution in [3.8, 4) is 11.8 Å². The van der Waals surface area contributed by atoms with E-state index in [4.69, 9.17) is 16.9 Å². The summed E-state index contributed by atoms with van der Waals surface area (Å²) >= 11 is 6.07. The average molecular weight is 419 g/mol. The molecule has 4 aromatic rings. The molecule has 0 unspecified atom stereocenters. The number of tetrazole rings is 1. The molecule has 0 radical (unpaired) electrons. The van der Waals surface area contributed by atoms with Crippen LogP contribution in [-0.2, 0) is 11.2 Å². The lowest BCUT2D eigenvalue weighted by molar-refractivity contribution is -0.116. The standard InChI is InChI=1S/C20H15ClN8O/c21-15-5-6-17(29-12-24-27-28-29)13(10-15)4-7-19(30)23-9-8-18-25-16-3-1-2-14(11-22)20(16)26-18/h1-7,10,12H,8-9H2,(H,23,30)(H,25,26)/b7-4+. The summed E-state index contributed by atoms with van der Waals surface area (Å²) in [5, 5.41) is 23.6. The molecule has 9 nitrogen and oxygen atoms in total. The largest absolute Gasteiger partial charge is 0.352 e. The van der Waals surface area contributed by atoms with E-state index in [9.17, 15) is 4.79 Å². The summed E-state index contributed by atoms with van der Waals surface area (Å²) in [6, 6.07) is 12.7. The Labute approximate surface area is 176 Å². The zero-order valence-electron chi connectivity index (χ0n) is 15.6. The number of nitrogens with zero attached hydrogens (tertiary/aromatic N) is 6. The number of amides is 1. The Hall–Kier alpha value is -4.03. The van der Waals surface area contributed by atoms with Crippen LogP contribution in [0, 0.1) is 11.3 Å². The fourth-order valence-electron chi connectivity index (χ4n) is 2.96. The summed E-state index contributed by atoms with van der Waals surface area (Å²) in [6.07, 6.45) is 5.04. The van der Waals surface area contributed by atoms with Gasteiger partial charge in [0.05, 0.1) is 16.8 Å². The number of fused-ring (bicyclic) bond motifs is 1. The molecule has 0 saturated carbocycles. The van der Waals surface area contributed by atoms with E-state index in [-0.39, 0.29) is 5.91 Å². The summed E-state index contributed by atoms with van der Waals surface area (Å²) < 4.78 is 1.49. The van der Waals surface area contributed by atoms with E-state index in [1.165, 1.54) is 17.1 Å². The summed E-state index contributed by atoms with van der Waals surface area (Å²) in [5.74, 6) is 0.444. The van der Waals surface area contributed by atoms with Gasteiger partial charge in [0.2, 0.25) is 5.91 Å². The van der Waals surface area contributed by atoms with Gasteiger partial charge in [0.25, 0.3) is 0 Å². The second-order valence-corrected chi connectivity index (χ2v) is 6.77. The Balaban J connectivity index is 1.40. The molecule has 2 aromatic heterocycles. The number of nitrogens with one attached hydrogen (secondary N) is 2. The molecule has 0 aliphatic carbocycles. The molecular weight excluding hydrogens is 404 g/mol. The lowest BCUT2D eigenvalue weighted by Gasteiger charge is -2.05. The van der Waals surface area contributed by atoms with Crippen molar-refractivity contribution in [2.75, 3.05) is 6.54 Å². The number of aromatic amines is 1. The number of hydrogen-bond donors (Lipinski definition) is 2. The molecule has 4 rings (SSSR count). The minimum Gasteiger partial charge on any atom is -0.352 e. The molecule has 1 amide bonds. The van der Waals surface area contributed by atoms with Gasteiger partial charge < -0.3 is 10.3 Å². The van der Waals surface area contributed by atoms with Crippen molar-refractivity contribution in [3.05, 3.63) is 70.8 Å².